The summed E-state index contributed by atoms with van der Waals surface area (Å²) in [7, 11) is 0. The summed E-state index contributed by atoms with van der Waals surface area (Å²) < 4.78 is 5.28. The molecule has 1 heterocycles. The van der Waals surface area contributed by atoms with E-state index in [1.807, 2.05) is 42.5 Å². The van der Waals surface area contributed by atoms with Crippen LogP contribution in [0, 0.1) is 0 Å². The van der Waals surface area contributed by atoms with Crippen molar-refractivity contribution in [3.05, 3.63) is 47.5 Å². The lowest BCUT2D eigenvalue weighted by Crippen LogP contribution is -1.77. The average molecular weight is 262 g/mol. The van der Waals surface area contributed by atoms with Crippen molar-refractivity contribution in [3.8, 4) is 11.3 Å². The largest absolute Gasteiger partial charge is 0.356 e. The second-order valence-corrected chi connectivity index (χ2v) is 4.67. The Morgan fingerprint density at radius 1 is 1.06 bits per heavy atom. The maximum absolute atomic E-state index is 5.86. The number of halogens is 1. The van der Waals surface area contributed by atoms with Crippen LogP contribution >= 0.6 is 24.2 Å². The molecule has 0 radical (unpaired) electrons. The third-order valence-electron chi connectivity index (χ3n) is 2.57. The molecule has 84 valence electrons. The van der Waals surface area contributed by atoms with Crippen molar-refractivity contribution in [2.75, 3.05) is 0 Å². The van der Waals surface area contributed by atoms with Crippen molar-refractivity contribution in [1.29, 1.82) is 0 Å². The highest BCUT2D eigenvalue weighted by molar-refractivity contribution is 7.80. The van der Waals surface area contributed by atoms with Gasteiger partial charge in [0, 0.05) is 20.9 Å². The minimum absolute atomic E-state index is 0.708. The molecule has 0 aliphatic rings. The zero-order chi connectivity index (χ0) is 11.8. The van der Waals surface area contributed by atoms with Crippen LogP contribution in [-0.4, -0.2) is 5.16 Å². The Hall–Kier alpha value is -1.45. The zero-order valence-corrected chi connectivity index (χ0v) is 10.4. The monoisotopic (exact) mass is 261 g/mol. The van der Waals surface area contributed by atoms with Gasteiger partial charge in [0.15, 0.2) is 5.58 Å². The van der Waals surface area contributed by atoms with Gasteiger partial charge >= 0.3 is 0 Å². The van der Waals surface area contributed by atoms with Gasteiger partial charge < -0.3 is 4.52 Å². The summed E-state index contributed by atoms with van der Waals surface area (Å²) in [6, 6.07) is 13.3. The van der Waals surface area contributed by atoms with Crippen LogP contribution in [0.15, 0.2) is 51.9 Å². The minimum Gasteiger partial charge on any atom is -0.356 e. The highest BCUT2D eigenvalue weighted by atomic mass is 35.5. The molecular formula is C13H8ClNOS. The first-order chi connectivity index (χ1) is 8.24. The summed E-state index contributed by atoms with van der Waals surface area (Å²) in [6.07, 6.45) is 0. The maximum Gasteiger partial charge on any atom is 0.168 e. The Morgan fingerprint density at radius 2 is 1.82 bits per heavy atom. The van der Waals surface area contributed by atoms with E-state index in [1.54, 1.807) is 0 Å². The third-order valence-corrected chi connectivity index (χ3v) is 3.10. The molecule has 0 saturated carbocycles. The fourth-order valence-corrected chi connectivity index (χ4v) is 2.06. The Balaban J connectivity index is 2.21. The van der Waals surface area contributed by atoms with Crippen molar-refractivity contribution in [2.24, 2.45) is 0 Å². The van der Waals surface area contributed by atoms with Crippen LogP contribution in [-0.2, 0) is 0 Å². The van der Waals surface area contributed by atoms with Crippen molar-refractivity contribution >= 4 is 35.2 Å². The molecule has 17 heavy (non-hydrogen) atoms. The minimum atomic E-state index is 0.708. The smallest absolute Gasteiger partial charge is 0.168 e. The average Bonchev–Trinajstić information content (AvgIpc) is 2.73. The van der Waals surface area contributed by atoms with Crippen LogP contribution in [0.3, 0.4) is 0 Å². The summed E-state index contributed by atoms with van der Waals surface area (Å²) in [5, 5.41) is 5.77. The second-order valence-electron chi connectivity index (χ2n) is 3.72. The molecule has 0 atom stereocenters. The topological polar surface area (TPSA) is 26.0 Å². The number of benzene rings is 2. The molecule has 0 unspecified atom stereocenters. The highest BCUT2D eigenvalue weighted by Gasteiger charge is 2.10. The fraction of sp³-hybridized carbons (Fsp3) is 0. The van der Waals surface area contributed by atoms with Gasteiger partial charge in [0.1, 0.15) is 5.69 Å². The SMILES string of the molecule is Sc1ccc2c(-c3ccc(Cl)cc3)noc2c1. The fourth-order valence-electron chi connectivity index (χ4n) is 1.74. The maximum atomic E-state index is 5.86. The first-order valence-corrected chi connectivity index (χ1v) is 5.91. The molecule has 0 fully saturated rings. The van der Waals surface area contributed by atoms with E-state index in [0.717, 1.165) is 27.1 Å². The number of hydrogen-bond acceptors (Lipinski definition) is 3. The molecular weight excluding hydrogens is 254 g/mol. The van der Waals surface area contributed by atoms with E-state index >= 15 is 0 Å². The molecule has 3 rings (SSSR count). The Kier molecular flexibility index (Phi) is 2.57. The highest BCUT2D eigenvalue weighted by Crippen LogP contribution is 2.29. The molecule has 2 aromatic carbocycles. The Labute approximate surface area is 109 Å². The van der Waals surface area contributed by atoms with Crippen molar-refractivity contribution in [3.63, 3.8) is 0 Å². The van der Waals surface area contributed by atoms with Crippen LogP contribution in [0.5, 0.6) is 0 Å². The van der Waals surface area contributed by atoms with E-state index < -0.39 is 0 Å². The quantitative estimate of drug-likeness (QED) is 0.656. The second kappa shape index (κ2) is 4.09. The van der Waals surface area contributed by atoms with Gasteiger partial charge in [-0.2, -0.15) is 0 Å². The number of fused-ring (bicyclic) bond motifs is 1. The molecule has 0 aliphatic heterocycles. The molecule has 1 aromatic heterocycles. The van der Waals surface area contributed by atoms with Crippen molar-refractivity contribution < 1.29 is 4.52 Å². The van der Waals surface area contributed by atoms with Crippen LogP contribution in [0.2, 0.25) is 5.02 Å². The number of thiol groups is 1. The van der Waals surface area contributed by atoms with Gasteiger partial charge in [-0.3, -0.25) is 0 Å². The van der Waals surface area contributed by atoms with Gasteiger partial charge in [0.05, 0.1) is 0 Å². The summed E-state index contributed by atoms with van der Waals surface area (Å²) >= 11 is 10.1. The first-order valence-electron chi connectivity index (χ1n) is 5.08. The normalized spacial score (nSPS) is 10.9. The standard InChI is InChI=1S/C13H8ClNOS/c14-9-3-1-8(2-4-9)13-11-6-5-10(17)7-12(11)16-15-13/h1-7,17H. The van der Waals surface area contributed by atoms with E-state index in [-0.39, 0.29) is 0 Å². The summed E-state index contributed by atoms with van der Waals surface area (Å²) in [6.45, 7) is 0. The number of hydrogen-bond donors (Lipinski definition) is 1. The summed E-state index contributed by atoms with van der Waals surface area (Å²) in [5.74, 6) is 0. The molecule has 0 aliphatic carbocycles. The summed E-state index contributed by atoms with van der Waals surface area (Å²) in [5.41, 5.74) is 2.55. The Bertz CT molecular complexity index is 675. The van der Waals surface area contributed by atoms with Gasteiger partial charge in [0.25, 0.3) is 0 Å². The van der Waals surface area contributed by atoms with E-state index in [0.29, 0.717) is 5.02 Å². The third kappa shape index (κ3) is 1.92. The van der Waals surface area contributed by atoms with E-state index in [9.17, 15) is 0 Å². The lowest BCUT2D eigenvalue weighted by molar-refractivity contribution is 0.459. The lowest BCUT2D eigenvalue weighted by Gasteiger charge is -1.97. The van der Waals surface area contributed by atoms with Gasteiger partial charge in [-0.1, -0.05) is 28.9 Å². The molecule has 0 amide bonds. The molecule has 4 heteroatoms. The first kappa shape index (κ1) is 10.7. The Morgan fingerprint density at radius 3 is 2.59 bits per heavy atom. The van der Waals surface area contributed by atoms with Crippen LogP contribution in [0.4, 0.5) is 0 Å². The molecule has 3 aromatic rings. The molecule has 0 saturated heterocycles. The van der Waals surface area contributed by atoms with Crippen LogP contribution in [0.1, 0.15) is 0 Å². The van der Waals surface area contributed by atoms with Gasteiger partial charge in [-0.05, 0) is 30.3 Å². The van der Waals surface area contributed by atoms with Gasteiger partial charge in [-0.25, -0.2) is 0 Å². The molecule has 0 N–H and O–H groups in total. The van der Waals surface area contributed by atoms with Crippen molar-refractivity contribution in [2.45, 2.75) is 4.90 Å². The van der Waals surface area contributed by atoms with E-state index in [1.165, 1.54) is 0 Å². The predicted octanol–water partition coefficient (Wildman–Crippen LogP) is 4.44. The molecule has 0 bridgehead atoms. The molecule has 2 nitrogen and oxygen atoms in total. The van der Waals surface area contributed by atoms with Gasteiger partial charge in [-0.15, -0.1) is 12.6 Å². The lowest BCUT2D eigenvalue weighted by atomic mass is 10.1. The number of rotatable bonds is 1. The number of aromatic nitrogens is 1. The zero-order valence-electron chi connectivity index (χ0n) is 8.72. The predicted molar refractivity (Wildman–Crippen MR) is 71.7 cm³/mol. The van der Waals surface area contributed by atoms with Crippen molar-refractivity contribution in [1.82, 2.24) is 5.16 Å². The van der Waals surface area contributed by atoms with E-state index in [4.69, 9.17) is 16.1 Å². The molecule has 0 spiro atoms. The van der Waals surface area contributed by atoms with Crippen LogP contribution in [0.25, 0.3) is 22.2 Å². The van der Waals surface area contributed by atoms with E-state index in [2.05, 4.69) is 17.8 Å². The number of nitrogens with zero attached hydrogens (tertiary/aromatic N) is 1. The van der Waals surface area contributed by atoms with Gasteiger partial charge in [0.2, 0.25) is 0 Å². The summed E-state index contributed by atoms with van der Waals surface area (Å²) in [4.78, 5) is 0.858. The van der Waals surface area contributed by atoms with Crippen LogP contribution < -0.4 is 0 Å².